The fraction of sp³-hybridized carbons (Fsp3) is 0.481. The summed E-state index contributed by atoms with van der Waals surface area (Å²) in [5.74, 6) is 11.3. The molecule has 0 amide bonds. The average Bonchev–Trinajstić information content (AvgIpc) is 3.62. The summed E-state index contributed by atoms with van der Waals surface area (Å²) in [5, 5.41) is 4.24. The van der Waals surface area contributed by atoms with Crippen LogP contribution in [0, 0.1) is 23.3 Å². The quantitative estimate of drug-likeness (QED) is 0.0372. The topological polar surface area (TPSA) is 87.4 Å². The standard InChI is InChI=1S/C54H66N2O5Si/c1-10-12-14-16-18-20-29-55-51(57)47-32-43-41(27-24-39-22-25-40(61-9)26-23-39)44-33-48-50(54(60)56(52(48)58)30-21-19-17-15-13-11-2)35-46(44)42(45(43)34-49(47)53(55)59)28-31-62(36(3)4,37(5)6)38(7)8/h22-23,25-26,32-38H,10-21,29-30H2,1-9H3. The predicted molar refractivity (Wildman–Crippen MR) is 264 cm³/mol. The van der Waals surface area contributed by atoms with Crippen LogP contribution in [0.4, 0.5) is 0 Å². The fourth-order valence-corrected chi connectivity index (χ4v) is 15.2. The van der Waals surface area contributed by atoms with Crippen molar-refractivity contribution in [2.45, 2.75) is 162 Å². The maximum Gasteiger partial charge on any atom is 0.261 e. The van der Waals surface area contributed by atoms with E-state index in [1.165, 1.54) is 22.0 Å². The number of hydrogen-bond donors (Lipinski definition) is 0. The van der Waals surface area contributed by atoms with Crippen LogP contribution in [0.2, 0.25) is 16.6 Å². The van der Waals surface area contributed by atoms with Gasteiger partial charge >= 0.3 is 0 Å². The number of hydrogen-bond acceptors (Lipinski definition) is 5. The van der Waals surface area contributed by atoms with Crippen molar-refractivity contribution < 1.29 is 4.74 Å². The van der Waals surface area contributed by atoms with Crippen LogP contribution >= 0.6 is 0 Å². The molecule has 2 heterocycles. The Bertz CT molecular complexity index is 2740. The number of ether oxygens (including phenoxy) is 1. The third-order valence-corrected chi connectivity index (χ3v) is 19.7. The Morgan fingerprint density at radius 2 is 0.839 bits per heavy atom. The van der Waals surface area contributed by atoms with Crippen LogP contribution in [0.5, 0.6) is 5.75 Å². The van der Waals surface area contributed by atoms with E-state index in [2.05, 4.69) is 78.7 Å². The van der Waals surface area contributed by atoms with E-state index in [0.717, 1.165) is 69.8 Å². The molecule has 0 aliphatic rings. The van der Waals surface area contributed by atoms with Crippen molar-refractivity contribution in [2.24, 2.45) is 0 Å². The van der Waals surface area contributed by atoms with Gasteiger partial charge in [-0.2, -0.15) is 0 Å². The molecule has 0 saturated carbocycles. The van der Waals surface area contributed by atoms with E-state index in [1.54, 1.807) is 7.11 Å². The average molecular weight is 851 g/mol. The Balaban J connectivity index is 1.70. The van der Waals surface area contributed by atoms with Gasteiger partial charge in [0.1, 0.15) is 13.8 Å². The number of methoxy groups -OCH3 is 1. The molecule has 8 heteroatoms. The van der Waals surface area contributed by atoms with Crippen molar-refractivity contribution in [3.05, 3.63) is 107 Å². The third kappa shape index (κ3) is 9.14. The first-order valence-corrected chi connectivity index (χ1v) is 25.6. The summed E-state index contributed by atoms with van der Waals surface area (Å²) in [6, 6.07) is 14.9. The Hall–Kier alpha value is -5.18. The lowest BCUT2D eigenvalue weighted by Crippen LogP contribution is -2.43. The van der Waals surface area contributed by atoms with Crippen LogP contribution in [-0.2, 0) is 13.1 Å². The number of benzene rings is 4. The van der Waals surface area contributed by atoms with Gasteiger partial charge in [-0.25, -0.2) is 0 Å². The van der Waals surface area contributed by atoms with E-state index in [0.29, 0.717) is 89.7 Å². The van der Waals surface area contributed by atoms with E-state index in [4.69, 9.17) is 4.74 Å². The summed E-state index contributed by atoms with van der Waals surface area (Å²) in [7, 11) is -0.668. The summed E-state index contributed by atoms with van der Waals surface area (Å²) in [5.41, 5.74) is 5.90. The molecule has 0 unspecified atom stereocenters. The molecule has 2 aromatic heterocycles. The number of nitrogens with zero attached hydrogens (tertiary/aromatic N) is 2. The van der Waals surface area contributed by atoms with Crippen LogP contribution < -0.4 is 27.0 Å². The van der Waals surface area contributed by atoms with Crippen molar-refractivity contribution >= 4 is 51.2 Å². The highest BCUT2D eigenvalue weighted by atomic mass is 28.3. The zero-order valence-electron chi connectivity index (χ0n) is 38.7. The minimum absolute atomic E-state index is 0.291. The van der Waals surface area contributed by atoms with Gasteiger partial charge in [-0.15, -0.1) is 5.54 Å². The third-order valence-electron chi connectivity index (χ3n) is 13.5. The molecule has 4 aromatic carbocycles. The Morgan fingerprint density at radius 1 is 0.484 bits per heavy atom. The van der Waals surface area contributed by atoms with Crippen LogP contribution in [0.15, 0.2) is 67.7 Å². The molecule has 0 aliphatic carbocycles. The SMILES string of the molecule is CCCCCCCCn1c(=O)c2cc3c(C#Cc4ccc(OC)cc4)c4cc5c(=O)n(CCCCCCCC)c(=O)c5cc4c(C#C[Si](C(C)C)(C(C)C)C(C)C)c3cc2c1=O. The first kappa shape index (κ1) is 46.3. The molecule has 0 spiro atoms. The summed E-state index contributed by atoms with van der Waals surface area (Å²) < 4.78 is 8.20. The molecule has 7 nitrogen and oxygen atoms in total. The molecule has 6 rings (SSSR count). The lowest BCUT2D eigenvalue weighted by molar-refractivity contribution is 0.415. The highest BCUT2D eigenvalue weighted by molar-refractivity contribution is 6.90. The van der Waals surface area contributed by atoms with Crippen LogP contribution in [-0.4, -0.2) is 24.3 Å². The first-order valence-electron chi connectivity index (χ1n) is 23.3. The second-order valence-electron chi connectivity index (χ2n) is 18.3. The predicted octanol–water partition coefficient (Wildman–Crippen LogP) is 11.9. The molecule has 0 N–H and O–H groups in total. The summed E-state index contributed by atoms with van der Waals surface area (Å²) in [6.07, 6.45) is 12.5. The van der Waals surface area contributed by atoms with E-state index >= 15 is 0 Å². The zero-order valence-corrected chi connectivity index (χ0v) is 39.7. The van der Waals surface area contributed by atoms with Gasteiger partial charge in [0.25, 0.3) is 22.2 Å². The number of rotatable bonds is 18. The number of aromatic nitrogens is 2. The second-order valence-corrected chi connectivity index (χ2v) is 23.9. The minimum Gasteiger partial charge on any atom is -0.497 e. The second kappa shape index (κ2) is 20.3. The molecule has 0 fully saturated rings. The molecule has 6 aromatic rings. The minimum atomic E-state index is -2.29. The van der Waals surface area contributed by atoms with E-state index in [9.17, 15) is 19.2 Å². The normalized spacial score (nSPS) is 12.0. The lowest BCUT2D eigenvalue weighted by atomic mass is 9.89. The Kier molecular flexibility index (Phi) is 15.2. The molecule has 326 valence electrons. The van der Waals surface area contributed by atoms with Gasteiger partial charge in [-0.1, -0.05) is 137 Å². The maximum absolute atomic E-state index is 14.2. The maximum atomic E-state index is 14.2. The van der Waals surface area contributed by atoms with Gasteiger partial charge in [0.05, 0.1) is 28.7 Å². The first-order chi connectivity index (χ1) is 29.8. The van der Waals surface area contributed by atoms with Gasteiger partial charge in [-0.3, -0.25) is 28.3 Å². The monoisotopic (exact) mass is 850 g/mol. The van der Waals surface area contributed by atoms with Gasteiger partial charge in [0, 0.05) is 51.3 Å². The Morgan fingerprint density at radius 3 is 1.19 bits per heavy atom. The summed E-state index contributed by atoms with van der Waals surface area (Å²) in [4.78, 5) is 56.8. The van der Waals surface area contributed by atoms with Crippen molar-refractivity contribution in [3.63, 3.8) is 0 Å². The molecule has 0 bridgehead atoms. The number of unbranched alkanes of at least 4 members (excludes halogenated alkanes) is 10. The smallest absolute Gasteiger partial charge is 0.261 e. The van der Waals surface area contributed by atoms with Crippen LogP contribution in [0.3, 0.4) is 0 Å². The van der Waals surface area contributed by atoms with E-state index < -0.39 is 8.07 Å². The van der Waals surface area contributed by atoms with Crippen LogP contribution in [0.1, 0.15) is 149 Å². The van der Waals surface area contributed by atoms with Crippen molar-refractivity contribution in [2.75, 3.05) is 7.11 Å². The van der Waals surface area contributed by atoms with Gasteiger partial charge in [0.2, 0.25) is 0 Å². The van der Waals surface area contributed by atoms with Crippen LogP contribution in [0.25, 0.3) is 43.1 Å². The van der Waals surface area contributed by atoms with Crippen molar-refractivity contribution in [1.82, 2.24) is 9.13 Å². The van der Waals surface area contributed by atoms with Crippen molar-refractivity contribution in [1.29, 1.82) is 0 Å². The number of fused-ring (bicyclic) bond motifs is 4. The summed E-state index contributed by atoms with van der Waals surface area (Å²) >= 11 is 0. The van der Waals surface area contributed by atoms with E-state index in [-0.39, 0.29) is 22.2 Å². The Labute approximate surface area is 368 Å². The zero-order chi connectivity index (χ0) is 44.7. The van der Waals surface area contributed by atoms with E-state index in [1.807, 2.05) is 48.5 Å². The molecule has 0 atom stereocenters. The highest BCUT2D eigenvalue weighted by Crippen LogP contribution is 2.42. The molecular weight excluding hydrogens is 785 g/mol. The lowest BCUT2D eigenvalue weighted by Gasteiger charge is -2.38. The highest BCUT2D eigenvalue weighted by Gasteiger charge is 2.41. The van der Waals surface area contributed by atoms with Gasteiger partial charge in [0.15, 0.2) is 0 Å². The molecule has 0 aliphatic heterocycles. The van der Waals surface area contributed by atoms with Crippen molar-refractivity contribution in [3.8, 4) is 29.1 Å². The summed E-state index contributed by atoms with van der Waals surface area (Å²) in [6.45, 7) is 18.8. The molecular formula is C54H66N2O5Si. The fourth-order valence-electron chi connectivity index (χ4n) is 9.98. The largest absolute Gasteiger partial charge is 0.497 e. The van der Waals surface area contributed by atoms with Gasteiger partial charge in [-0.05, 0) is 78.0 Å². The molecule has 0 saturated heterocycles. The molecule has 62 heavy (non-hydrogen) atoms. The van der Waals surface area contributed by atoms with Gasteiger partial charge < -0.3 is 4.74 Å². The molecule has 0 radical (unpaired) electrons.